The number of benzene rings is 1. The van der Waals surface area contributed by atoms with Crippen LogP contribution in [0.3, 0.4) is 0 Å². The van der Waals surface area contributed by atoms with Gasteiger partial charge in [0.1, 0.15) is 0 Å². The second kappa shape index (κ2) is 7.88. The van der Waals surface area contributed by atoms with Gasteiger partial charge in [0.2, 0.25) is 0 Å². The molecule has 0 radical (unpaired) electrons. The Kier molecular flexibility index (Phi) is 6.83. The fourth-order valence-corrected chi connectivity index (χ4v) is 2.31. The van der Waals surface area contributed by atoms with Crippen LogP contribution in [0.5, 0.6) is 0 Å². The summed E-state index contributed by atoms with van der Waals surface area (Å²) in [5.74, 6) is 0.791. The molecule has 2 nitrogen and oxygen atoms in total. The molecule has 0 aliphatic carbocycles. The van der Waals surface area contributed by atoms with E-state index in [1.165, 1.54) is 19.3 Å². The Labute approximate surface area is 120 Å². The largest absolute Gasteiger partial charge is 0.396 e. The minimum Gasteiger partial charge on any atom is -0.396 e. The average molecular weight is 289 g/mol. The maximum atomic E-state index is 5.98. The van der Waals surface area contributed by atoms with Gasteiger partial charge >= 0.3 is 0 Å². The van der Waals surface area contributed by atoms with Gasteiger partial charge in [-0.25, -0.2) is 0 Å². The summed E-state index contributed by atoms with van der Waals surface area (Å²) in [6, 6.07) is 3.73. The Balaban J connectivity index is 2.27. The highest BCUT2D eigenvalue weighted by molar-refractivity contribution is 6.38. The standard InChI is InChI=1S/C14H22Cl2N2/c1-10(2)5-3-4-6-18-9-11-7-12(15)14(17)13(16)8-11/h7-8,10,18H,3-6,9,17H2,1-2H3. The first-order chi connectivity index (χ1) is 8.50. The van der Waals surface area contributed by atoms with Crippen molar-refractivity contribution >= 4 is 28.9 Å². The van der Waals surface area contributed by atoms with Crippen LogP contribution in [0.15, 0.2) is 12.1 Å². The first kappa shape index (κ1) is 15.6. The SMILES string of the molecule is CC(C)CCCCNCc1cc(Cl)c(N)c(Cl)c1. The first-order valence-corrected chi connectivity index (χ1v) is 7.20. The molecule has 0 aromatic heterocycles. The van der Waals surface area contributed by atoms with E-state index in [1.807, 2.05) is 12.1 Å². The molecular formula is C14H22Cl2N2. The van der Waals surface area contributed by atoms with Crippen molar-refractivity contribution in [2.45, 2.75) is 39.7 Å². The van der Waals surface area contributed by atoms with E-state index >= 15 is 0 Å². The van der Waals surface area contributed by atoms with E-state index in [-0.39, 0.29) is 0 Å². The molecule has 1 aromatic rings. The van der Waals surface area contributed by atoms with Crippen LogP contribution in [-0.2, 0) is 6.54 Å². The average Bonchev–Trinajstić information content (AvgIpc) is 2.30. The Morgan fingerprint density at radius 3 is 2.33 bits per heavy atom. The molecule has 0 amide bonds. The van der Waals surface area contributed by atoms with Gasteiger partial charge < -0.3 is 11.1 Å². The zero-order chi connectivity index (χ0) is 13.5. The fourth-order valence-electron chi connectivity index (χ4n) is 1.77. The monoisotopic (exact) mass is 288 g/mol. The number of hydrogen-bond acceptors (Lipinski definition) is 2. The summed E-state index contributed by atoms with van der Waals surface area (Å²) in [6.07, 6.45) is 3.77. The summed E-state index contributed by atoms with van der Waals surface area (Å²) in [6.45, 7) is 6.31. The van der Waals surface area contributed by atoms with Gasteiger partial charge in [-0.2, -0.15) is 0 Å². The van der Waals surface area contributed by atoms with Gasteiger partial charge in [0.15, 0.2) is 0 Å². The number of unbranched alkanes of at least 4 members (excludes halogenated alkanes) is 1. The minimum atomic E-state index is 0.457. The fraction of sp³-hybridized carbons (Fsp3) is 0.571. The highest BCUT2D eigenvalue weighted by Crippen LogP contribution is 2.28. The predicted molar refractivity (Wildman–Crippen MR) is 81.3 cm³/mol. The van der Waals surface area contributed by atoms with Crippen LogP contribution in [0, 0.1) is 5.92 Å². The number of rotatable bonds is 7. The maximum Gasteiger partial charge on any atom is 0.0693 e. The minimum absolute atomic E-state index is 0.457. The van der Waals surface area contributed by atoms with Crippen LogP contribution in [0.2, 0.25) is 10.0 Å². The second-order valence-corrected chi connectivity index (χ2v) is 5.85. The molecule has 18 heavy (non-hydrogen) atoms. The number of anilines is 1. The number of nitrogens with one attached hydrogen (secondary N) is 1. The van der Waals surface area contributed by atoms with E-state index in [4.69, 9.17) is 28.9 Å². The van der Waals surface area contributed by atoms with Crippen molar-refractivity contribution in [2.75, 3.05) is 12.3 Å². The van der Waals surface area contributed by atoms with Crippen molar-refractivity contribution in [2.24, 2.45) is 5.92 Å². The maximum absolute atomic E-state index is 5.98. The Bertz CT molecular complexity index is 355. The normalized spacial score (nSPS) is 11.2. The predicted octanol–water partition coefficient (Wildman–Crippen LogP) is 4.49. The van der Waals surface area contributed by atoms with E-state index in [1.54, 1.807) is 0 Å². The lowest BCUT2D eigenvalue weighted by Crippen LogP contribution is -2.15. The van der Waals surface area contributed by atoms with E-state index in [0.717, 1.165) is 24.6 Å². The molecule has 0 aliphatic rings. The Morgan fingerprint density at radius 2 is 1.78 bits per heavy atom. The highest BCUT2D eigenvalue weighted by Gasteiger charge is 2.04. The molecule has 0 fully saturated rings. The van der Waals surface area contributed by atoms with Crippen LogP contribution < -0.4 is 11.1 Å². The van der Waals surface area contributed by atoms with Crippen molar-refractivity contribution in [3.63, 3.8) is 0 Å². The molecule has 102 valence electrons. The van der Waals surface area contributed by atoms with Gasteiger partial charge in [0.05, 0.1) is 15.7 Å². The highest BCUT2D eigenvalue weighted by atomic mass is 35.5. The summed E-state index contributed by atoms with van der Waals surface area (Å²) in [7, 11) is 0. The van der Waals surface area contributed by atoms with Crippen molar-refractivity contribution in [3.8, 4) is 0 Å². The summed E-state index contributed by atoms with van der Waals surface area (Å²) >= 11 is 12.0. The molecule has 0 unspecified atom stereocenters. The van der Waals surface area contributed by atoms with Crippen LogP contribution in [0.25, 0.3) is 0 Å². The van der Waals surface area contributed by atoms with Gasteiger partial charge in [-0.3, -0.25) is 0 Å². The molecule has 0 aliphatic heterocycles. The number of nitrogen functional groups attached to an aromatic ring is 1. The molecule has 3 N–H and O–H groups in total. The van der Waals surface area contributed by atoms with Crippen molar-refractivity contribution < 1.29 is 0 Å². The van der Waals surface area contributed by atoms with Crippen molar-refractivity contribution in [3.05, 3.63) is 27.7 Å². The third kappa shape index (κ3) is 5.47. The quantitative estimate of drug-likeness (QED) is 0.573. The molecule has 4 heteroatoms. The zero-order valence-corrected chi connectivity index (χ0v) is 12.6. The number of halogens is 2. The Hall–Kier alpha value is -0.440. The molecular weight excluding hydrogens is 267 g/mol. The van der Waals surface area contributed by atoms with Crippen LogP contribution in [0.1, 0.15) is 38.7 Å². The summed E-state index contributed by atoms with van der Waals surface area (Å²) in [4.78, 5) is 0. The van der Waals surface area contributed by atoms with E-state index in [2.05, 4.69) is 19.2 Å². The van der Waals surface area contributed by atoms with Gasteiger partial charge in [0.25, 0.3) is 0 Å². The van der Waals surface area contributed by atoms with Gasteiger partial charge in [-0.1, -0.05) is 49.9 Å². The summed E-state index contributed by atoms with van der Waals surface area (Å²) in [5.41, 5.74) is 7.22. The van der Waals surface area contributed by atoms with Crippen molar-refractivity contribution in [1.82, 2.24) is 5.32 Å². The molecule has 0 saturated carbocycles. The van der Waals surface area contributed by atoms with E-state index in [9.17, 15) is 0 Å². The third-order valence-electron chi connectivity index (χ3n) is 2.85. The Morgan fingerprint density at radius 1 is 1.17 bits per heavy atom. The van der Waals surface area contributed by atoms with Crippen LogP contribution in [-0.4, -0.2) is 6.54 Å². The van der Waals surface area contributed by atoms with Gasteiger partial charge in [0, 0.05) is 6.54 Å². The smallest absolute Gasteiger partial charge is 0.0693 e. The van der Waals surface area contributed by atoms with Gasteiger partial charge in [-0.15, -0.1) is 0 Å². The molecule has 0 heterocycles. The number of nitrogens with two attached hydrogens (primary N) is 1. The molecule has 0 saturated heterocycles. The van der Waals surface area contributed by atoms with Gasteiger partial charge in [-0.05, 0) is 36.6 Å². The third-order valence-corrected chi connectivity index (χ3v) is 3.48. The second-order valence-electron chi connectivity index (χ2n) is 5.04. The lowest BCUT2D eigenvalue weighted by molar-refractivity contribution is 0.520. The molecule has 0 bridgehead atoms. The molecule has 0 spiro atoms. The summed E-state index contributed by atoms with van der Waals surface area (Å²) < 4.78 is 0. The molecule has 1 aromatic carbocycles. The van der Waals surface area contributed by atoms with E-state index in [0.29, 0.717) is 15.7 Å². The summed E-state index contributed by atoms with van der Waals surface area (Å²) in [5, 5.41) is 4.45. The lowest BCUT2D eigenvalue weighted by atomic mass is 10.1. The van der Waals surface area contributed by atoms with Crippen LogP contribution >= 0.6 is 23.2 Å². The lowest BCUT2D eigenvalue weighted by Gasteiger charge is -2.08. The van der Waals surface area contributed by atoms with E-state index < -0.39 is 0 Å². The van der Waals surface area contributed by atoms with Crippen LogP contribution in [0.4, 0.5) is 5.69 Å². The number of hydrogen-bond donors (Lipinski definition) is 2. The first-order valence-electron chi connectivity index (χ1n) is 6.44. The molecule has 0 atom stereocenters. The molecule has 1 rings (SSSR count). The zero-order valence-electron chi connectivity index (χ0n) is 11.1. The topological polar surface area (TPSA) is 38.0 Å². The van der Waals surface area contributed by atoms with Crippen molar-refractivity contribution in [1.29, 1.82) is 0 Å².